The number of amides is 1. The van der Waals surface area contributed by atoms with Crippen molar-refractivity contribution in [2.24, 2.45) is 0 Å². The number of alkyl halides is 3. The molecule has 0 aromatic carbocycles. The van der Waals surface area contributed by atoms with Crippen LogP contribution in [0.4, 0.5) is 19.0 Å². The highest BCUT2D eigenvalue weighted by atomic mass is 35.5. The van der Waals surface area contributed by atoms with Crippen LogP contribution < -0.4 is 10.6 Å². The zero-order valence-electron chi connectivity index (χ0n) is 10.1. The van der Waals surface area contributed by atoms with Crippen LogP contribution in [0.15, 0.2) is 12.3 Å². The minimum absolute atomic E-state index is 0.0890. The topological polar surface area (TPSA) is 54.0 Å². The van der Waals surface area contributed by atoms with E-state index in [-0.39, 0.29) is 10.6 Å². The molecule has 2 N–H and O–H groups in total. The normalized spacial score (nSPS) is 11.2. The molecule has 0 saturated carbocycles. The maximum Gasteiger partial charge on any atom is 0.390 e. The molecule has 0 radical (unpaired) electrons. The predicted octanol–water partition coefficient (Wildman–Crippen LogP) is 2.85. The molecule has 4 nitrogen and oxygen atoms in total. The molecule has 0 aliphatic carbocycles. The third-order valence-corrected chi connectivity index (χ3v) is 2.45. The lowest BCUT2D eigenvalue weighted by molar-refractivity contribution is -0.132. The monoisotopic (exact) mass is 295 g/mol. The molecule has 1 heterocycles. The molecule has 8 heteroatoms. The molecule has 0 aliphatic heterocycles. The molecule has 0 spiro atoms. The summed E-state index contributed by atoms with van der Waals surface area (Å²) >= 11 is 5.79. The molecule has 1 aromatic rings. The summed E-state index contributed by atoms with van der Waals surface area (Å²) in [5.74, 6) is -0.219. The van der Waals surface area contributed by atoms with Gasteiger partial charge in [-0.3, -0.25) is 4.79 Å². The first kappa shape index (κ1) is 15.6. The number of pyridine rings is 1. The number of hydrogen-bond acceptors (Lipinski definition) is 3. The van der Waals surface area contributed by atoms with Crippen molar-refractivity contribution in [1.29, 1.82) is 0 Å². The van der Waals surface area contributed by atoms with Crippen LogP contribution in [-0.4, -0.2) is 30.2 Å². The van der Waals surface area contributed by atoms with Gasteiger partial charge in [0, 0.05) is 19.3 Å². The first-order valence-corrected chi connectivity index (χ1v) is 5.95. The van der Waals surface area contributed by atoms with Gasteiger partial charge in [0.25, 0.3) is 5.91 Å². The molecule has 106 valence electrons. The summed E-state index contributed by atoms with van der Waals surface area (Å²) < 4.78 is 35.9. The average Bonchev–Trinajstić information content (AvgIpc) is 2.30. The second-order valence-corrected chi connectivity index (χ2v) is 4.11. The number of aromatic nitrogens is 1. The minimum atomic E-state index is -4.30. The maximum absolute atomic E-state index is 12.0. The van der Waals surface area contributed by atoms with Crippen LogP contribution in [0.1, 0.15) is 23.7 Å². The smallest absolute Gasteiger partial charge is 0.370 e. The van der Waals surface area contributed by atoms with Gasteiger partial charge in [0.2, 0.25) is 0 Å². The first-order chi connectivity index (χ1) is 8.83. The molecule has 1 aromatic heterocycles. The van der Waals surface area contributed by atoms with E-state index in [1.807, 2.05) is 6.92 Å². The van der Waals surface area contributed by atoms with Gasteiger partial charge >= 0.3 is 6.18 Å². The molecular weight excluding hydrogens is 283 g/mol. The highest BCUT2D eigenvalue weighted by Crippen LogP contribution is 2.20. The molecule has 0 fully saturated rings. The van der Waals surface area contributed by atoms with Gasteiger partial charge in [0.05, 0.1) is 17.0 Å². The van der Waals surface area contributed by atoms with Crippen LogP contribution in [-0.2, 0) is 0 Å². The summed E-state index contributed by atoms with van der Waals surface area (Å²) in [6.45, 7) is 1.96. The number of nitrogens with zero attached hydrogens (tertiary/aromatic N) is 1. The maximum atomic E-state index is 12.0. The number of rotatable bonds is 5. The Morgan fingerprint density at radius 2 is 2.16 bits per heavy atom. The Morgan fingerprint density at radius 1 is 1.47 bits per heavy atom. The first-order valence-electron chi connectivity index (χ1n) is 5.58. The number of anilines is 1. The number of carbonyl (C=O) groups excluding carboxylic acids is 1. The lowest BCUT2D eigenvalue weighted by Crippen LogP contribution is -2.28. The Bertz CT molecular complexity index is 451. The Labute approximate surface area is 113 Å². The van der Waals surface area contributed by atoms with Gasteiger partial charge in [-0.2, -0.15) is 13.2 Å². The Balaban J connectivity index is 2.68. The van der Waals surface area contributed by atoms with Gasteiger partial charge in [0.15, 0.2) is 0 Å². The quantitative estimate of drug-likeness (QED) is 0.878. The van der Waals surface area contributed by atoms with Gasteiger partial charge in [0.1, 0.15) is 5.82 Å². The van der Waals surface area contributed by atoms with E-state index in [4.69, 9.17) is 11.6 Å². The van der Waals surface area contributed by atoms with E-state index in [1.54, 1.807) is 0 Å². The van der Waals surface area contributed by atoms with E-state index in [1.165, 1.54) is 12.3 Å². The molecule has 0 saturated heterocycles. The third kappa shape index (κ3) is 5.34. The molecule has 0 aliphatic rings. The molecule has 1 amide bonds. The summed E-state index contributed by atoms with van der Waals surface area (Å²) in [6, 6.07) is 1.40. The minimum Gasteiger partial charge on any atom is -0.370 e. The number of halogens is 4. The van der Waals surface area contributed by atoms with Crippen molar-refractivity contribution in [3.63, 3.8) is 0 Å². The summed E-state index contributed by atoms with van der Waals surface area (Å²) in [6.07, 6.45) is -4.11. The standard InChI is InChI=1S/C11H13ClF3N3O/c1-2-16-9-5-7(8(12)6-18-9)10(19)17-4-3-11(13,14)15/h5-6H,2-4H2,1H3,(H,16,18)(H,17,19). The second-order valence-electron chi connectivity index (χ2n) is 3.70. The van der Waals surface area contributed by atoms with Crippen LogP contribution >= 0.6 is 11.6 Å². The van der Waals surface area contributed by atoms with E-state index in [2.05, 4.69) is 15.6 Å². The lowest BCUT2D eigenvalue weighted by atomic mass is 10.2. The van der Waals surface area contributed by atoms with Crippen LogP contribution in [0.3, 0.4) is 0 Å². The zero-order chi connectivity index (χ0) is 14.5. The fourth-order valence-corrected chi connectivity index (χ4v) is 1.49. The van der Waals surface area contributed by atoms with Crippen molar-refractivity contribution < 1.29 is 18.0 Å². The fraction of sp³-hybridized carbons (Fsp3) is 0.455. The summed E-state index contributed by atoms with van der Waals surface area (Å²) in [5.41, 5.74) is 0.0924. The van der Waals surface area contributed by atoms with E-state index >= 15 is 0 Å². The van der Waals surface area contributed by atoms with E-state index in [0.29, 0.717) is 12.4 Å². The molecule has 0 atom stereocenters. The summed E-state index contributed by atoms with van der Waals surface area (Å²) in [7, 11) is 0. The van der Waals surface area contributed by atoms with Crippen LogP contribution in [0.2, 0.25) is 5.02 Å². The van der Waals surface area contributed by atoms with Gasteiger partial charge < -0.3 is 10.6 Å². The van der Waals surface area contributed by atoms with E-state index < -0.39 is 25.0 Å². The van der Waals surface area contributed by atoms with Gasteiger partial charge in [-0.1, -0.05) is 11.6 Å². The summed E-state index contributed by atoms with van der Waals surface area (Å²) in [4.78, 5) is 15.6. The number of carbonyl (C=O) groups is 1. The van der Waals surface area contributed by atoms with Crippen molar-refractivity contribution in [2.45, 2.75) is 19.5 Å². The highest BCUT2D eigenvalue weighted by Gasteiger charge is 2.26. The number of nitrogens with one attached hydrogen (secondary N) is 2. The van der Waals surface area contributed by atoms with Crippen molar-refractivity contribution in [2.75, 3.05) is 18.4 Å². The summed E-state index contributed by atoms with van der Waals surface area (Å²) in [5, 5.41) is 5.14. The van der Waals surface area contributed by atoms with Crippen LogP contribution in [0.5, 0.6) is 0 Å². The SMILES string of the molecule is CCNc1cc(C(=O)NCCC(F)(F)F)c(Cl)cn1. The molecular formula is C11H13ClF3N3O. The van der Waals surface area contributed by atoms with Crippen LogP contribution in [0.25, 0.3) is 0 Å². The molecule has 0 bridgehead atoms. The number of hydrogen-bond donors (Lipinski definition) is 2. The van der Waals surface area contributed by atoms with Crippen LogP contribution in [0, 0.1) is 0 Å². The van der Waals surface area contributed by atoms with E-state index in [0.717, 1.165) is 0 Å². The molecule has 1 rings (SSSR count). The highest BCUT2D eigenvalue weighted by molar-refractivity contribution is 6.33. The Hall–Kier alpha value is -1.50. The Kier molecular flexibility index (Phi) is 5.41. The van der Waals surface area contributed by atoms with Gasteiger partial charge in [-0.25, -0.2) is 4.98 Å². The largest absolute Gasteiger partial charge is 0.390 e. The van der Waals surface area contributed by atoms with Gasteiger partial charge in [-0.15, -0.1) is 0 Å². The fourth-order valence-electron chi connectivity index (χ4n) is 1.30. The molecule has 0 unspecified atom stereocenters. The van der Waals surface area contributed by atoms with Crippen molar-refractivity contribution in [3.05, 3.63) is 22.8 Å². The average molecular weight is 296 g/mol. The predicted molar refractivity (Wildman–Crippen MR) is 66.4 cm³/mol. The third-order valence-electron chi connectivity index (χ3n) is 2.15. The Morgan fingerprint density at radius 3 is 2.74 bits per heavy atom. The van der Waals surface area contributed by atoms with Crippen molar-refractivity contribution in [3.8, 4) is 0 Å². The van der Waals surface area contributed by atoms with Crippen molar-refractivity contribution in [1.82, 2.24) is 10.3 Å². The zero-order valence-corrected chi connectivity index (χ0v) is 10.9. The van der Waals surface area contributed by atoms with E-state index in [9.17, 15) is 18.0 Å². The van der Waals surface area contributed by atoms with Crippen molar-refractivity contribution >= 4 is 23.3 Å². The second kappa shape index (κ2) is 6.60. The van der Waals surface area contributed by atoms with Gasteiger partial charge in [-0.05, 0) is 13.0 Å². The lowest BCUT2D eigenvalue weighted by Gasteiger charge is -2.10. The molecule has 19 heavy (non-hydrogen) atoms.